The molecule has 0 aliphatic heterocycles. The zero-order chi connectivity index (χ0) is 20.8. The first-order chi connectivity index (χ1) is 13.9. The minimum absolute atomic E-state index is 0.0496. The van der Waals surface area contributed by atoms with Crippen LogP contribution in [0.2, 0.25) is 0 Å². The number of carbonyl (C=O) groups excluding carboxylic acids is 2. The van der Waals surface area contributed by atoms with Crippen molar-refractivity contribution in [3.63, 3.8) is 0 Å². The molecule has 2 amide bonds. The molecule has 2 aromatic carbocycles. The Morgan fingerprint density at radius 1 is 1.07 bits per heavy atom. The number of nitro groups is 1. The second kappa shape index (κ2) is 9.26. The van der Waals surface area contributed by atoms with E-state index < -0.39 is 4.92 Å². The first kappa shape index (κ1) is 20.4. The van der Waals surface area contributed by atoms with Gasteiger partial charge >= 0.3 is 0 Å². The van der Waals surface area contributed by atoms with Gasteiger partial charge in [0, 0.05) is 23.4 Å². The molecule has 0 spiro atoms. The van der Waals surface area contributed by atoms with Crippen LogP contribution in [0.4, 0.5) is 16.5 Å². The molecule has 1 aromatic heterocycles. The summed E-state index contributed by atoms with van der Waals surface area (Å²) >= 11 is 2.34. The van der Waals surface area contributed by atoms with Crippen molar-refractivity contribution in [3.05, 3.63) is 69.8 Å². The fourth-order valence-corrected chi connectivity index (χ4v) is 3.73. The molecule has 11 heteroatoms. The summed E-state index contributed by atoms with van der Waals surface area (Å²) in [6.45, 7) is 1.94. The molecule has 0 unspecified atom stereocenters. The summed E-state index contributed by atoms with van der Waals surface area (Å²) in [6.07, 6.45) is 0. The van der Waals surface area contributed by atoms with Crippen molar-refractivity contribution in [2.24, 2.45) is 0 Å². The smallest absolute Gasteiger partial charge is 0.269 e. The zero-order valence-corrected chi connectivity index (χ0v) is 16.8. The molecule has 2 N–H and O–H groups in total. The Labute approximate surface area is 173 Å². The summed E-state index contributed by atoms with van der Waals surface area (Å²) in [7, 11) is 0. The van der Waals surface area contributed by atoms with Gasteiger partial charge in [-0.25, -0.2) is 0 Å². The molecule has 0 aliphatic rings. The molecule has 3 aromatic rings. The maximum atomic E-state index is 12.2. The first-order valence-corrected chi connectivity index (χ1v) is 10.1. The Morgan fingerprint density at radius 3 is 2.41 bits per heavy atom. The predicted molar refractivity (Wildman–Crippen MR) is 111 cm³/mol. The Kier molecular flexibility index (Phi) is 6.52. The van der Waals surface area contributed by atoms with Crippen molar-refractivity contribution < 1.29 is 14.5 Å². The predicted octanol–water partition coefficient (Wildman–Crippen LogP) is 3.74. The van der Waals surface area contributed by atoms with Gasteiger partial charge in [-0.15, -0.1) is 10.2 Å². The van der Waals surface area contributed by atoms with E-state index in [9.17, 15) is 19.7 Å². The molecule has 0 saturated heterocycles. The molecule has 148 valence electrons. The van der Waals surface area contributed by atoms with Gasteiger partial charge in [-0.3, -0.25) is 25.0 Å². The first-order valence-electron chi connectivity index (χ1n) is 8.29. The van der Waals surface area contributed by atoms with E-state index in [0.717, 1.165) is 5.56 Å². The quantitative estimate of drug-likeness (QED) is 0.253. The molecule has 3 rings (SSSR count). The van der Waals surface area contributed by atoms with Gasteiger partial charge in [-0.1, -0.05) is 40.8 Å². The number of nitro benzene ring substituents is 1. The largest absolute Gasteiger partial charge is 0.325 e. The highest BCUT2D eigenvalue weighted by Crippen LogP contribution is 2.26. The van der Waals surface area contributed by atoms with Gasteiger partial charge in [0.05, 0.1) is 10.7 Å². The second-order valence-corrected chi connectivity index (χ2v) is 8.03. The van der Waals surface area contributed by atoms with E-state index in [1.807, 2.05) is 19.1 Å². The van der Waals surface area contributed by atoms with E-state index >= 15 is 0 Å². The normalized spacial score (nSPS) is 10.4. The van der Waals surface area contributed by atoms with E-state index in [4.69, 9.17) is 0 Å². The summed E-state index contributed by atoms with van der Waals surface area (Å²) in [5.41, 5.74) is 1.99. The highest BCUT2D eigenvalue weighted by Gasteiger charge is 2.12. The van der Waals surface area contributed by atoms with Gasteiger partial charge in [0.15, 0.2) is 4.34 Å². The highest BCUT2D eigenvalue weighted by molar-refractivity contribution is 8.01. The summed E-state index contributed by atoms with van der Waals surface area (Å²) in [5.74, 6) is -0.490. The molecule has 0 saturated carbocycles. The monoisotopic (exact) mass is 429 g/mol. The SMILES string of the molecule is Cc1ccc(C(=O)Nc2nnc(SCC(=O)Nc3ccc([N+](=O)[O-])cc3)s2)cc1. The van der Waals surface area contributed by atoms with Crippen LogP contribution in [0.1, 0.15) is 15.9 Å². The number of nitrogens with one attached hydrogen (secondary N) is 2. The molecule has 9 nitrogen and oxygen atoms in total. The van der Waals surface area contributed by atoms with Crippen molar-refractivity contribution in [1.29, 1.82) is 0 Å². The fraction of sp³-hybridized carbons (Fsp3) is 0.111. The average molecular weight is 429 g/mol. The molecule has 0 bridgehead atoms. The third-order valence-corrected chi connectivity index (χ3v) is 5.60. The van der Waals surface area contributed by atoms with Crippen molar-refractivity contribution in [3.8, 4) is 0 Å². The maximum Gasteiger partial charge on any atom is 0.269 e. The van der Waals surface area contributed by atoms with Crippen molar-refractivity contribution in [1.82, 2.24) is 10.2 Å². The molecule has 0 aliphatic carbocycles. The van der Waals surface area contributed by atoms with Gasteiger partial charge in [0.2, 0.25) is 11.0 Å². The Hall–Kier alpha value is -3.31. The molecular weight excluding hydrogens is 414 g/mol. The second-order valence-electron chi connectivity index (χ2n) is 5.83. The maximum absolute atomic E-state index is 12.2. The summed E-state index contributed by atoms with van der Waals surface area (Å²) in [5, 5.41) is 24.2. The fourth-order valence-electron chi connectivity index (χ4n) is 2.18. The molecular formula is C18H15N5O4S2. The number of aromatic nitrogens is 2. The molecule has 0 radical (unpaired) electrons. The number of benzene rings is 2. The average Bonchev–Trinajstić information content (AvgIpc) is 3.14. The molecule has 0 fully saturated rings. The number of non-ortho nitro benzene ring substituents is 1. The lowest BCUT2D eigenvalue weighted by atomic mass is 10.1. The van der Waals surface area contributed by atoms with Gasteiger partial charge in [0.1, 0.15) is 0 Å². The number of anilines is 2. The van der Waals surface area contributed by atoms with Gasteiger partial charge in [-0.2, -0.15) is 0 Å². The molecule has 1 heterocycles. The lowest BCUT2D eigenvalue weighted by molar-refractivity contribution is -0.384. The van der Waals surface area contributed by atoms with Crippen LogP contribution >= 0.6 is 23.1 Å². The Balaban J connectivity index is 1.49. The number of hydrogen-bond acceptors (Lipinski definition) is 8. The number of hydrogen-bond donors (Lipinski definition) is 2. The molecule has 29 heavy (non-hydrogen) atoms. The van der Waals surface area contributed by atoms with Gasteiger partial charge < -0.3 is 5.32 Å². The van der Waals surface area contributed by atoms with Crippen LogP contribution in [-0.2, 0) is 4.79 Å². The minimum Gasteiger partial charge on any atom is -0.325 e. The highest BCUT2D eigenvalue weighted by atomic mass is 32.2. The van der Waals surface area contributed by atoms with Crippen molar-refractivity contribution in [2.75, 3.05) is 16.4 Å². The van der Waals surface area contributed by atoms with Crippen LogP contribution in [-0.4, -0.2) is 32.7 Å². The molecule has 0 atom stereocenters. The van der Waals surface area contributed by atoms with Crippen LogP contribution < -0.4 is 10.6 Å². The van der Waals surface area contributed by atoms with Crippen LogP contribution in [0.15, 0.2) is 52.9 Å². The van der Waals surface area contributed by atoms with E-state index in [1.165, 1.54) is 47.4 Å². The topological polar surface area (TPSA) is 127 Å². The Morgan fingerprint density at radius 2 is 1.76 bits per heavy atom. The lowest BCUT2D eigenvalue weighted by Gasteiger charge is -2.03. The Bertz CT molecular complexity index is 1040. The van der Waals surface area contributed by atoms with Crippen molar-refractivity contribution >= 4 is 51.4 Å². The van der Waals surface area contributed by atoms with E-state index in [-0.39, 0.29) is 23.3 Å². The zero-order valence-electron chi connectivity index (χ0n) is 15.1. The number of amides is 2. The van der Waals surface area contributed by atoms with Crippen LogP contribution in [0, 0.1) is 17.0 Å². The van der Waals surface area contributed by atoms with E-state index in [2.05, 4.69) is 20.8 Å². The number of nitrogens with zero attached hydrogens (tertiary/aromatic N) is 3. The minimum atomic E-state index is -0.508. The van der Waals surface area contributed by atoms with Crippen molar-refractivity contribution in [2.45, 2.75) is 11.3 Å². The number of carbonyl (C=O) groups is 2. The van der Waals surface area contributed by atoms with E-state index in [1.54, 1.807) is 12.1 Å². The summed E-state index contributed by atoms with van der Waals surface area (Å²) in [4.78, 5) is 34.3. The lowest BCUT2D eigenvalue weighted by Crippen LogP contribution is -2.13. The number of rotatable bonds is 7. The number of thioether (sulfide) groups is 1. The standard InChI is InChI=1S/C18H15N5O4S2/c1-11-2-4-12(5-3-11)16(25)20-17-21-22-18(29-17)28-10-15(24)19-13-6-8-14(9-7-13)23(26)27/h2-9H,10H2,1H3,(H,19,24)(H,20,21,25). The van der Waals surface area contributed by atoms with Gasteiger partial charge in [-0.05, 0) is 31.2 Å². The number of aryl methyl sites for hydroxylation is 1. The third-order valence-electron chi connectivity index (χ3n) is 3.63. The summed E-state index contributed by atoms with van der Waals surface area (Å²) in [6, 6.07) is 12.7. The van der Waals surface area contributed by atoms with Crippen LogP contribution in [0.25, 0.3) is 0 Å². The third kappa shape index (κ3) is 5.83. The van der Waals surface area contributed by atoms with Crippen LogP contribution in [0.5, 0.6) is 0 Å². The van der Waals surface area contributed by atoms with Crippen LogP contribution in [0.3, 0.4) is 0 Å². The summed E-state index contributed by atoms with van der Waals surface area (Å²) < 4.78 is 0.531. The van der Waals surface area contributed by atoms with E-state index in [0.29, 0.717) is 20.7 Å². The van der Waals surface area contributed by atoms with Gasteiger partial charge in [0.25, 0.3) is 11.6 Å².